The van der Waals surface area contributed by atoms with E-state index in [0.717, 1.165) is 11.1 Å². The summed E-state index contributed by atoms with van der Waals surface area (Å²) in [6, 6.07) is 8.60. The third kappa shape index (κ3) is 5.25. The Hall–Kier alpha value is -3.55. The second-order valence-electron chi connectivity index (χ2n) is 6.63. The lowest BCUT2D eigenvalue weighted by Gasteiger charge is -2.11. The number of ether oxygens (including phenoxy) is 4. The zero-order chi connectivity index (χ0) is 21.0. The summed E-state index contributed by atoms with van der Waals surface area (Å²) in [7, 11) is 0. The third-order valence-electron chi connectivity index (χ3n) is 4.08. The van der Waals surface area contributed by atoms with E-state index in [2.05, 4.69) is 5.32 Å². The quantitative estimate of drug-likeness (QED) is 0.564. The molecule has 1 heterocycles. The molecule has 8 heteroatoms. The number of nitrogens with one attached hydrogen (secondary N) is 1. The number of carbonyl (C=O) groups is 3. The molecule has 1 aliphatic heterocycles. The van der Waals surface area contributed by atoms with E-state index in [1.807, 2.05) is 19.9 Å². The number of anilines is 1. The zero-order valence-corrected chi connectivity index (χ0v) is 16.4. The fraction of sp³-hybridized carbons (Fsp3) is 0.286. The van der Waals surface area contributed by atoms with E-state index in [9.17, 15) is 14.4 Å². The molecule has 0 atom stereocenters. The molecule has 0 saturated heterocycles. The molecule has 3 rings (SSSR count). The Morgan fingerprint density at radius 3 is 2.28 bits per heavy atom. The van der Waals surface area contributed by atoms with Crippen molar-refractivity contribution in [2.45, 2.75) is 20.8 Å². The highest BCUT2D eigenvalue weighted by Gasteiger charge is 2.20. The molecule has 0 fully saturated rings. The van der Waals surface area contributed by atoms with Crippen molar-refractivity contribution >= 4 is 23.3 Å². The fourth-order valence-corrected chi connectivity index (χ4v) is 2.87. The smallest absolute Gasteiger partial charge is 0.344 e. The highest BCUT2D eigenvalue weighted by molar-refractivity contribution is 6.05. The van der Waals surface area contributed by atoms with Crippen LogP contribution in [0.15, 0.2) is 30.3 Å². The number of amides is 1. The molecule has 1 aliphatic rings. The van der Waals surface area contributed by atoms with Gasteiger partial charge in [-0.2, -0.15) is 0 Å². The van der Waals surface area contributed by atoms with Gasteiger partial charge in [0, 0.05) is 11.6 Å². The molecule has 2 aromatic rings. The summed E-state index contributed by atoms with van der Waals surface area (Å²) in [5.41, 5.74) is 2.55. The number of hydrogen-bond acceptors (Lipinski definition) is 7. The highest BCUT2D eigenvalue weighted by Crippen LogP contribution is 2.37. The van der Waals surface area contributed by atoms with E-state index in [1.54, 1.807) is 12.1 Å². The number of rotatable bonds is 7. The summed E-state index contributed by atoms with van der Waals surface area (Å²) in [5, 5.41) is 2.55. The number of fused-ring (bicyclic) bond motifs is 1. The molecule has 152 valence electrons. The van der Waals surface area contributed by atoms with Crippen LogP contribution in [0.5, 0.6) is 17.2 Å². The van der Waals surface area contributed by atoms with Crippen molar-refractivity contribution in [3.63, 3.8) is 0 Å². The van der Waals surface area contributed by atoms with Crippen molar-refractivity contribution in [2.24, 2.45) is 0 Å². The first-order valence-corrected chi connectivity index (χ1v) is 8.93. The van der Waals surface area contributed by atoms with Crippen LogP contribution in [0.25, 0.3) is 0 Å². The van der Waals surface area contributed by atoms with Gasteiger partial charge >= 0.3 is 5.97 Å². The molecule has 2 aromatic carbocycles. The van der Waals surface area contributed by atoms with Gasteiger partial charge in [-0.05, 0) is 50.1 Å². The van der Waals surface area contributed by atoms with Crippen molar-refractivity contribution in [1.82, 2.24) is 0 Å². The van der Waals surface area contributed by atoms with Gasteiger partial charge in [0.25, 0.3) is 5.91 Å². The molecule has 0 bridgehead atoms. The molecule has 0 aliphatic carbocycles. The average Bonchev–Trinajstić information content (AvgIpc) is 3.10. The molecule has 1 N–H and O–H groups in total. The SMILES string of the molecule is CC(=O)c1cc2c(cc1NC(=O)COC(=O)COc1cc(C)cc(C)c1)OCO2. The van der Waals surface area contributed by atoms with Gasteiger partial charge in [0.05, 0.1) is 5.69 Å². The number of carbonyl (C=O) groups excluding carboxylic acids is 3. The van der Waals surface area contributed by atoms with Crippen LogP contribution in [-0.2, 0) is 14.3 Å². The topological polar surface area (TPSA) is 100 Å². The average molecular weight is 399 g/mol. The third-order valence-corrected chi connectivity index (χ3v) is 4.08. The summed E-state index contributed by atoms with van der Waals surface area (Å²) < 4.78 is 20.8. The highest BCUT2D eigenvalue weighted by atomic mass is 16.7. The van der Waals surface area contributed by atoms with Gasteiger partial charge in [-0.25, -0.2) is 4.79 Å². The minimum Gasteiger partial charge on any atom is -0.482 e. The molecule has 1 amide bonds. The van der Waals surface area contributed by atoms with Gasteiger partial charge in [-0.15, -0.1) is 0 Å². The molecular weight excluding hydrogens is 378 g/mol. The summed E-state index contributed by atoms with van der Waals surface area (Å²) in [4.78, 5) is 35.8. The fourth-order valence-electron chi connectivity index (χ4n) is 2.87. The molecule has 0 saturated carbocycles. The molecule has 0 radical (unpaired) electrons. The van der Waals surface area contributed by atoms with Crippen molar-refractivity contribution in [3.05, 3.63) is 47.0 Å². The number of esters is 1. The second-order valence-corrected chi connectivity index (χ2v) is 6.63. The van der Waals surface area contributed by atoms with E-state index in [1.165, 1.54) is 19.1 Å². The van der Waals surface area contributed by atoms with Crippen LogP contribution in [0.4, 0.5) is 5.69 Å². The number of ketones is 1. The number of benzene rings is 2. The van der Waals surface area contributed by atoms with Crippen LogP contribution >= 0.6 is 0 Å². The first-order chi connectivity index (χ1) is 13.8. The minimum absolute atomic E-state index is 0.0438. The monoisotopic (exact) mass is 399 g/mol. The van der Waals surface area contributed by atoms with Gasteiger partial charge in [0.15, 0.2) is 30.5 Å². The molecule has 0 spiro atoms. The first-order valence-electron chi connectivity index (χ1n) is 8.93. The Morgan fingerprint density at radius 1 is 0.966 bits per heavy atom. The first kappa shape index (κ1) is 20.2. The van der Waals surface area contributed by atoms with Crippen LogP contribution < -0.4 is 19.5 Å². The Balaban J connectivity index is 1.53. The Kier molecular flexibility index (Phi) is 6.01. The lowest BCUT2D eigenvalue weighted by atomic mass is 10.1. The van der Waals surface area contributed by atoms with E-state index in [4.69, 9.17) is 18.9 Å². The Labute approximate surface area is 167 Å². The summed E-state index contributed by atoms with van der Waals surface area (Å²) in [5.74, 6) is -0.122. The van der Waals surface area contributed by atoms with Crippen LogP contribution in [0.1, 0.15) is 28.4 Å². The Bertz CT molecular complexity index is 947. The van der Waals surface area contributed by atoms with E-state index >= 15 is 0 Å². The van der Waals surface area contributed by atoms with Crippen molar-refractivity contribution in [3.8, 4) is 17.2 Å². The van der Waals surface area contributed by atoms with E-state index in [0.29, 0.717) is 17.2 Å². The lowest BCUT2D eigenvalue weighted by molar-refractivity contribution is -0.149. The van der Waals surface area contributed by atoms with E-state index < -0.39 is 18.5 Å². The standard InChI is InChI=1S/C21H21NO7/c1-12-4-13(2)6-15(5-12)26-10-21(25)27-9-20(24)22-17-8-19-18(28-11-29-19)7-16(17)14(3)23/h4-8H,9-11H2,1-3H3,(H,22,24). The number of hydrogen-bond donors (Lipinski definition) is 1. The second kappa shape index (κ2) is 8.64. The maximum Gasteiger partial charge on any atom is 0.344 e. The molecule has 0 aromatic heterocycles. The van der Waals surface area contributed by atoms with Crippen LogP contribution in [0, 0.1) is 13.8 Å². The van der Waals surface area contributed by atoms with Gasteiger partial charge < -0.3 is 24.3 Å². The maximum absolute atomic E-state index is 12.1. The van der Waals surface area contributed by atoms with E-state index in [-0.39, 0.29) is 30.4 Å². The van der Waals surface area contributed by atoms with Gasteiger partial charge in [-0.3, -0.25) is 9.59 Å². The van der Waals surface area contributed by atoms with Crippen LogP contribution in [-0.4, -0.2) is 37.7 Å². The van der Waals surface area contributed by atoms with Gasteiger partial charge in [0.1, 0.15) is 5.75 Å². The number of Topliss-reactive ketones (excluding diaryl/α,β-unsaturated/α-hetero) is 1. The number of aryl methyl sites for hydroxylation is 2. The largest absolute Gasteiger partial charge is 0.482 e. The van der Waals surface area contributed by atoms with Crippen LogP contribution in [0.3, 0.4) is 0 Å². The normalized spacial score (nSPS) is 11.7. The molecule has 8 nitrogen and oxygen atoms in total. The lowest BCUT2D eigenvalue weighted by Crippen LogP contribution is -2.24. The maximum atomic E-state index is 12.1. The summed E-state index contributed by atoms with van der Waals surface area (Å²) >= 11 is 0. The molecule has 0 unspecified atom stereocenters. The summed E-state index contributed by atoms with van der Waals surface area (Å²) in [6.07, 6.45) is 0. The predicted octanol–water partition coefficient (Wildman–Crippen LogP) is 2.80. The molecular formula is C21H21NO7. The van der Waals surface area contributed by atoms with Crippen molar-refractivity contribution in [1.29, 1.82) is 0 Å². The van der Waals surface area contributed by atoms with Gasteiger partial charge in [-0.1, -0.05) is 6.07 Å². The zero-order valence-electron chi connectivity index (χ0n) is 16.4. The van der Waals surface area contributed by atoms with Gasteiger partial charge in [0.2, 0.25) is 6.79 Å². The predicted molar refractivity (Wildman–Crippen MR) is 104 cm³/mol. The summed E-state index contributed by atoms with van der Waals surface area (Å²) in [6.45, 7) is 4.43. The van der Waals surface area contributed by atoms with Crippen LogP contribution in [0.2, 0.25) is 0 Å². The van der Waals surface area contributed by atoms with Crippen molar-refractivity contribution in [2.75, 3.05) is 25.3 Å². The van der Waals surface area contributed by atoms with Crippen molar-refractivity contribution < 1.29 is 33.3 Å². The minimum atomic E-state index is -0.684. The Morgan fingerprint density at radius 2 is 1.62 bits per heavy atom. The molecule has 29 heavy (non-hydrogen) atoms.